The molecule has 0 aliphatic rings. The molecule has 2 N–H and O–H groups in total. The van der Waals surface area contributed by atoms with Crippen LogP contribution in [0.1, 0.15) is 11.1 Å². The Labute approximate surface area is 204 Å². The van der Waals surface area contributed by atoms with Gasteiger partial charge in [0, 0.05) is 21.3 Å². The van der Waals surface area contributed by atoms with Crippen LogP contribution in [0.2, 0.25) is 10.0 Å². The van der Waals surface area contributed by atoms with Crippen LogP contribution >= 0.6 is 51.3 Å². The number of benzene rings is 3. The number of nitrogens with one attached hydrogen (secondary N) is 2. The van der Waals surface area contributed by atoms with E-state index in [2.05, 4.69) is 31.8 Å². The Kier molecular flexibility index (Phi) is 8.54. The van der Waals surface area contributed by atoms with Crippen molar-refractivity contribution in [1.29, 1.82) is 0 Å². The number of methoxy groups -OCH3 is 1. The summed E-state index contributed by atoms with van der Waals surface area (Å²) in [5.74, 6) is 1.10. The molecule has 0 radical (unpaired) electrons. The zero-order chi connectivity index (χ0) is 22.2. The van der Waals surface area contributed by atoms with Gasteiger partial charge in [-0.2, -0.15) is 5.10 Å². The molecule has 31 heavy (non-hydrogen) atoms. The van der Waals surface area contributed by atoms with Gasteiger partial charge in [0.2, 0.25) is 0 Å². The fourth-order valence-electron chi connectivity index (χ4n) is 2.59. The lowest BCUT2D eigenvalue weighted by Gasteiger charge is -2.14. The number of nitrogens with zero attached hydrogens (tertiary/aromatic N) is 1. The van der Waals surface area contributed by atoms with E-state index in [-0.39, 0.29) is 6.61 Å². The number of anilines is 1. The standard InChI is InChI=1S/C22H18BrCl2N3O2S/c1-29-20-10-14(12-26-28-22(31)27-17-5-3-2-4-6-17)9-18(23)21(20)30-13-15-7-8-16(24)11-19(15)25/h2-12H,13H2,1H3,(H2,27,28,31)/b26-12-. The molecule has 0 saturated carbocycles. The number of halogens is 3. The molecule has 0 spiro atoms. The average Bonchev–Trinajstić information content (AvgIpc) is 2.74. The van der Waals surface area contributed by atoms with E-state index < -0.39 is 0 Å². The van der Waals surface area contributed by atoms with E-state index in [4.69, 9.17) is 44.9 Å². The van der Waals surface area contributed by atoms with Crippen molar-refractivity contribution in [3.05, 3.63) is 86.3 Å². The van der Waals surface area contributed by atoms with Crippen molar-refractivity contribution in [3.8, 4) is 11.5 Å². The van der Waals surface area contributed by atoms with Crippen LogP contribution in [-0.2, 0) is 6.61 Å². The Bertz CT molecular complexity index is 1100. The molecule has 3 rings (SSSR count). The maximum absolute atomic E-state index is 6.22. The Morgan fingerprint density at radius 1 is 1.13 bits per heavy atom. The van der Waals surface area contributed by atoms with Crippen LogP contribution in [0.5, 0.6) is 11.5 Å². The predicted octanol–water partition coefficient (Wildman–Crippen LogP) is 6.66. The van der Waals surface area contributed by atoms with Gasteiger partial charge in [-0.05, 0) is 70.1 Å². The minimum atomic E-state index is 0.263. The van der Waals surface area contributed by atoms with E-state index in [0.717, 1.165) is 16.8 Å². The summed E-state index contributed by atoms with van der Waals surface area (Å²) in [4.78, 5) is 0. The minimum absolute atomic E-state index is 0.263. The van der Waals surface area contributed by atoms with E-state index in [9.17, 15) is 0 Å². The topological polar surface area (TPSA) is 54.9 Å². The lowest BCUT2D eigenvalue weighted by Crippen LogP contribution is -2.23. The molecule has 3 aromatic rings. The Morgan fingerprint density at radius 2 is 1.90 bits per heavy atom. The number of ether oxygens (including phenoxy) is 2. The molecule has 160 valence electrons. The van der Waals surface area contributed by atoms with Crippen LogP contribution < -0.4 is 20.2 Å². The third kappa shape index (κ3) is 6.83. The molecule has 0 atom stereocenters. The van der Waals surface area contributed by atoms with Gasteiger partial charge in [-0.3, -0.25) is 5.43 Å². The minimum Gasteiger partial charge on any atom is -0.493 e. The van der Waals surface area contributed by atoms with E-state index >= 15 is 0 Å². The third-order valence-corrected chi connectivity index (χ3v) is 5.42. The molecule has 0 aliphatic carbocycles. The third-order valence-electron chi connectivity index (χ3n) is 4.05. The number of rotatable bonds is 7. The molecule has 5 nitrogen and oxygen atoms in total. The van der Waals surface area contributed by atoms with Gasteiger partial charge in [-0.15, -0.1) is 0 Å². The summed E-state index contributed by atoms with van der Waals surface area (Å²) in [5, 5.41) is 8.71. The van der Waals surface area contributed by atoms with Gasteiger partial charge < -0.3 is 14.8 Å². The highest BCUT2D eigenvalue weighted by Crippen LogP contribution is 2.37. The SMILES string of the molecule is COc1cc(/C=N\NC(=S)Nc2ccccc2)cc(Br)c1OCc1ccc(Cl)cc1Cl. The quantitative estimate of drug-likeness (QED) is 0.200. The van der Waals surface area contributed by atoms with Gasteiger partial charge >= 0.3 is 0 Å². The zero-order valence-electron chi connectivity index (χ0n) is 16.4. The highest BCUT2D eigenvalue weighted by molar-refractivity contribution is 9.10. The molecule has 9 heteroatoms. The van der Waals surface area contributed by atoms with Crippen molar-refractivity contribution >= 4 is 68.4 Å². The summed E-state index contributed by atoms with van der Waals surface area (Å²) in [6.07, 6.45) is 1.63. The summed E-state index contributed by atoms with van der Waals surface area (Å²) in [7, 11) is 1.57. The van der Waals surface area contributed by atoms with Crippen molar-refractivity contribution in [2.45, 2.75) is 6.61 Å². The van der Waals surface area contributed by atoms with Gasteiger partial charge in [0.25, 0.3) is 0 Å². The first-order chi connectivity index (χ1) is 15.0. The van der Waals surface area contributed by atoms with Crippen LogP contribution in [0.3, 0.4) is 0 Å². The van der Waals surface area contributed by atoms with E-state index in [1.807, 2.05) is 48.5 Å². The zero-order valence-corrected chi connectivity index (χ0v) is 20.3. The first-order valence-electron chi connectivity index (χ1n) is 9.05. The molecule has 3 aromatic carbocycles. The molecule has 0 aromatic heterocycles. The Morgan fingerprint density at radius 3 is 2.61 bits per heavy atom. The molecule has 0 fully saturated rings. The number of hydrogen-bond donors (Lipinski definition) is 2. The number of para-hydroxylation sites is 1. The summed E-state index contributed by atoms with van der Waals surface area (Å²) < 4.78 is 12.1. The van der Waals surface area contributed by atoms with Gasteiger partial charge in [0.05, 0.1) is 17.8 Å². The predicted molar refractivity (Wildman–Crippen MR) is 135 cm³/mol. The number of hydrogen-bond acceptors (Lipinski definition) is 4. The maximum atomic E-state index is 6.22. The fraction of sp³-hybridized carbons (Fsp3) is 0.0909. The van der Waals surface area contributed by atoms with Crippen molar-refractivity contribution in [2.75, 3.05) is 12.4 Å². The molecular weight excluding hydrogens is 521 g/mol. The number of hydrazone groups is 1. The van der Waals surface area contributed by atoms with Crippen molar-refractivity contribution in [3.63, 3.8) is 0 Å². The summed E-state index contributed by atoms with van der Waals surface area (Å²) in [6.45, 7) is 0.263. The molecule has 0 amide bonds. The lowest BCUT2D eigenvalue weighted by atomic mass is 10.2. The summed E-state index contributed by atoms with van der Waals surface area (Å²) >= 11 is 20.9. The second-order valence-electron chi connectivity index (χ2n) is 6.25. The average molecular weight is 539 g/mol. The molecule has 0 heterocycles. The van der Waals surface area contributed by atoms with Crippen molar-refractivity contribution < 1.29 is 9.47 Å². The highest BCUT2D eigenvalue weighted by Gasteiger charge is 2.12. The summed E-state index contributed by atoms with van der Waals surface area (Å²) in [5.41, 5.74) is 5.26. The largest absolute Gasteiger partial charge is 0.493 e. The van der Waals surface area contributed by atoms with Crippen molar-refractivity contribution in [1.82, 2.24) is 5.43 Å². The van der Waals surface area contributed by atoms with Crippen LogP contribution in [0.15, 0.2) is 70.2 Å². The van der Waals surface area contributed by atoms with Gasteiger partial charge in [-0.1, -0.05) is 47.5 Å². The first kappa shape index (κ1) is 23.3. The highest BCUT2D eigenvalue weighted by atomic mass is 79.9. The van der Waals surface area contributed by atoms with Crippen molar-refractivity contribution in [2.24, 2.45) is 5.10 Å². The lowest BCUT2D eigenvalue weighted by molar-refractivity contribution is 0.282. The van der Waals surface area contributed by atoms with Crippen LogP contribution in [0, 0.1) is 0 Å². The maximum Gasteiger partial charge on any atom is 0.191 e. The van der Waals surface area contributed by atoms with E-state index in [1.165, 1.54) is 0 Å². The Balaban J connectivity index is 1.65. The fourth-order valence-corrected chi connectivity index (χ4v) is 3.80. The molecular formula is C22H18BrCl2N3O2S. The van der Waals surface area contributed by atoms with Gasteiger partial charge in [0.1, 0.15) is 6.61 Å². The monoisotopic (exact) mass is 537 g/mol. The normalized spacial score (nSPS) is 10.7. The molecule has 0 saturated heterocycles. The van der Waals surface area contributed by atoms with Crippen LogP contribution in [-0.4, -0.2) is 18.4 Å². The molecule has 0 aliphatic heterocycles. The smallest absolute Gasteiger partial charge is 0.191 e. The van der Waals surface area contributed by atoms with Crippen LogP contribution in [0.25, 0.3) is 0 Å². The second-order valence-corrected chi connectivity index (χ2v) is 8.35. The Hall–Kier alpha value is -2.32. The first-order valence-corrected chi connectivity index (χ1v) is 11.0. The molecule has 0 bridgehead atoms. The van der Waals surface area contributed by atoms with E-state index in [0.29, 0.717) is 31.1 Å². The van der Waals surface area contributed by atoms with Crippen LogP contribution in [0.4, 0.5) is 5.69 Å². The second kappa shape index (κ2) is 11.3. The number of thiocarbonyl (C=S) groups is 1. The van der Waals surface area contributed by atoms with Gasteiger partial charge in [-0.25, -0.2) is 0 Å². The summed E-state index contributed by atoms with van der Waals surface area (Å²) in [6, 6.07) is 18.5. The van der Waals surface area contributed by atoms with Gasteiger partial charge in [0.15, 0.2) is 16.6 Å². The van der Waals surface area contributed by atoms with E-state index in [1.54, 1.807) is 25.5 Å². The molecule has 0 unspecified atom stereocenters.